The Balaban J connectivity index is 1.36. The van der Waals surface area contributed by atoms with Gasteiger partial charge in [0.05, 0.1) is 11.4 Å². The van der Waals surface area contributed by atoms with Gasteiger partial charge < -0.3 is 19.5 Å². The van der Waals surface area contributed by atoms with Gasteiger partial charge in [0.25, 0.3) is 0 Å². The fraction of sp³-hybridized carbons (Fsp3) is 0.250. The number of carbonyl (C=O) groups excluding carboxylic acids is 2. The smallest absolute Gasteiger partial charge is 0.250 e. The number of thiocarbonyl (C=S) groups is 1. The Labute approximate surface area is 237 Å². The third-order valence-electron chi connectivity index (χ3n) is 6.20. The largest absolute Gasteiger partial charge is 0.457 e. The molecule has 0 atom stereocenters. The van der Waals surface area contributed by atoms with Gasteiger partial charge in [0.2, 0.25) is 11.8 Å². The van der Waals surface area contributed by atoms with Crippen molar-refractivity contribution in [1.29, 1.82) is 0 Å². The Bertz CT molecular complexity index is 1380. The minimum Gasteiger partial charge on any atom is -0.457 e. The topological polar surface area (TPSA) is 77.8 Å². The highest BCUT2D eigenvalue weighted by Gasteiger charge is 2.22. The summed E-state index contributed by atoms with van der Waals surface area (Å²) in [7, 11) is 0. The van der Waals surface area contributed by atoms with Crippen LogP contribution in [0.15, 0.2) is 59.0 Å². The maximum Gasteiger partial charge on any atom is 0.250 e. The second-order valence-corrected chi connectivity index (χ2v) is 10.1. The molecule has 0 saturated carbocycles. The number of furan rings is 1. The second kappa shape index (κ2) is 12.5. The first-order valence-corrected chi connectivity index (χ1v) is 13.4. The van der Waals surface area contributed by atoms with E-state index >= 15 is 0 Å². The van der Waals surface area contributed by atoms with Crippen LogP contribution in [-0.2, 0) is 9.59 Å². The van der Waals surface area contributed by atoms with Crippen LogP contribution in [0.5, 0.6) is 0 Å². The Morgan fingerprint density at radius 2 is 1.82 bits per heavy atom. The molecule has 198 valence electrons. The number of halogens is 2. The Hall–Kier alpha value is -3.33. The van der Waals surface area contributed by atoms with Crippen molar-refractivity contribution >= 4 is 69.8 Å². The van der Waals surface area contributed by atoms with Crippen molar-refractivity contribution in [2.24, 2.45) is 0 Å². The van der Waals surface area contributed by atoms with E-state index in [-0.39, 0.29) is 11.0 Å². The molecule has 1 aliphatic heterocycles. The molecule has 0 bridgehead atoms. The number of aryl methyl sites for hydroxylation is 1. The van der Waals surface area contributed by atoms with Crippen molar-refractivity contribution in [3.8, 4) is 11.3 Å². The molecular formula is C28H28Cl2N4O3S. The average molecular weight is 572 g/mol. The molecular weight excluding hydrogens is 543 g/mol. The molecule has 10 heteroatoms. The predicted molar refractivity (Wildman–Crippen MR) is 158 cm³/mol. The molecule has 1 fully saturated rings. The van der Waals surface area contributed by atoms with Gasteiger partial charge in [-0.25, -0.2) is 0 Å². The Morgan fingerprint density at radius 1 is 1.05 bits per heavy atom. The van der Waals surface area contributed by atoms with Gasteiger partial charge in [-0.05, 0) is 67.2 Å². The van der Waals surface area contributed by atoms with Crippen LogP contribution in [0.25, 0.3) is 17.4 Å². The number of anilines is 2. The van der Waals surface area contributed by atoms with E-state index in [9.17, 15) is 9.59 Å². The third kappa shape index (κ3) is 6.95. The zero-order valence-electron chi connectivity index (χ0n) is 21.1. The minimum atomic E-state index is -0.408. The number of piperazine rings is 1. The molecule has 0 radical (unpaired) electrons. The summed E-state index contributed by atoms with van der Waals surface area (Å²) in [6, 6.07) is 14.8. The van der Waals surface area contributed by atoms with E-state index in [0.29, 0.717) is 59.9 Å². The van der Waals surface area contributed by atoms with Crippen molar-refractivity contribution in [3.63, 3.8) is 0 Å². The van der Waals surface area contributed by atoms with Gasteiger partial charge in [-0.1, -0.05) is 42.3 Å². The fourth-order valence-electron chi connectivity index (χ4n) is 4.11. The maximum absolute atomic E-state index is 12.5. The van der Waals surface area contributed by atoms with E-state index in [1.165, 1.54) is 6.08 Å². The summed E-state index contributed by atoms with van der Waals surface area (Å²) in [6.07, 6.45) is 3.42. The lowest BCUT2D eigenvalue weighted by atomic mass is 10.1. The summed E-state index contributed by atoms with van der Waals surface area (Å²) >= 11 is 17.8. The lowest BCUT2D eigenvalue weighted by Crippen LogP contribution is -2.48. The summed E-state index contributed by atoms with van der Waals surface area (Å²) in [4.78, 5) is 28.5. The van der Waals surface area contributed by atoms with E-state index in [1.54, 1.807) is 24.3 Å². The monoisotopic (exact) mass is 570 g/mol. The van der Waals surface area contributed by atoms with Crippen LogP contribution in [0.2, 0.25) is 10.0 Å². The minimum absolute atomic E-state index is 0.136. The number of nitrogens with one attached hydrogen (secondary N) is 2. The van der Waals surface area contributed by atoms with Gasteiger partial charge in [-0.15, -0.1) is 0 Å². The van der Waals surface area contributed by atoms with Crippen LogP contribution in [0.4, 0.5) is 11.4 Å². The average Bonchev–Trinajstić information content (AvgIpc) is 3.38. The van der Waals surface area contributed by atoms with Crippen LogP contribution >= 0.6 is 35.4 Å². The van der Waals surface area contributed by atoms with Gasteiger partial charge in [0.1, 0.15) is 11.5 Å². The van der Waals surface area contributed by atoms with Crippen molar-refractivity contribution in [2.45, 2.75) is 20.3 Å². The molecule has 7 nitrogen and oxygen atoms in total. The summed E-state index contributed by atoms with van der Waals surface area (Å²) in [5, 5.41) is 7.06. The van der Waals surface area contributed by atoms with E-state index in [2.05, 4.69) is 15.5 Å². The number of hydrogen-bond acceptors (Lipinski definition) is 5. The molecule has 1 aliphatic rings. The zero-order chi connectivity index (χ0) is 27.2. The molecule has 1 aromatic heterocycles. The molecule has 38 heavy (non-hydrogen) atoms. The van der Waals surface area contributed by atoms with Crippen LogP contribution in [0, 0.1) is 6.92 Å². The second-order valence-electron chi connectivity index (χ2n) is 8.83. The van der Waals surface area contributed by atoms with Gasteiger partial charge in [-0.2, -0.15) is 0 Å². The van der Waals surface area contributed by atoms with Crippen molar-refractivity contribution in [3.05, 3.63) is 76.0 Å². The Morgan fingerprint density at radius 3 is 2.53 bits per heavy atom. The molecule has 0 unspecified atom stereocenters. The normalized spacial score (nSPS) is 13.6. The molecule has 1 saturated heterocycles. The lowest BCUT2D eigenvalue weighted by Gasteiger charge is -2.37. The van der Waals surface area contributed by atoms with E-state index in [0.717, 1.165) is 16.8 Å². The van der Waals surface area contributed by atoms with Gasteiger partial charge in [-0.3, -0.25) is 14.9 Å². The first kappa shape index (κ1) is 27.7. The van der Waals surface area contributed by atoms with Gasteiger partial charge >= 0.3 is 0 Å². The van der Waals surface area contributed by atoms with Crippen LogP contribution < -0.4 is 15.5 Å². The van der Waals surface area contributed by atoms with Crippen LogP contribution in [-0.4, -0.2) is 48.0 Å². The zero-order valence-corrected chi connectivity index (χ0v) is 23.4. The summed E-state index contributed by atoms with van der Waals surface area (Å²) in [5.41, 5.74) is 3.41. The summed E-state index contributed by atoms with van der Waals surface area (Å²) in [6.45, 7) is 6.46. The highest BCUT2D eigenvalue weighted by molar-refractivity contribution is 7.80. The van der Waals surface area contributed by atoms with Crippen molar-refractivity contribution in [1.82, 2.24) is 10.2 Å². The molecule has 0 spiro atoms. The summed E-state index contributed by atoms with van der Waals surface area (Å²) < 4.78 is 5.82. The molecule has 0 aliphatic carbocycles. The highest BCUT2D eigenvalue weighted by Crippen LogP contribution is 2.30. The number of amides is 2. The first-order valence-electron chi connectivity index (χ1n) is 12.2. The molecule has 2 N–H and O–H groups in total. The quantitative estimate of drug-likeness (QED) is 0.273. The van der Waals surface area contributed by atoms with Gasteiger partial charge in [0.15, 0.2) is 5.11 Å². The molecule has 3 aromatic rings. The van der Waals surface area contributed by atoms with Gasteiger partial charge in [0, 0.05) is 54.3 Å². The van der Waals surface area contributed by atoms with E-state index in [1.807, 2.05) is 49.1 Å². The number of hydrogen-bond donors (Lipinski definition) is 2. The number of benzene rings is 2. The molecule has 2 aromatic carbocycles. The predicted octanol–water partition coefficient (Wildman–Crippen LogP) is 6.15. The number of carbonyl (C=O) groups is 2. The van der Waals surface area contributed by atoms with Crippen molar-refractivity contribution in [2.75, 3.05) is 36.4 Å². The standard InChI is InChI=1S/C28H28Cl2N4O3S/c1-3-27(36)34-14-12-33(13-15-34)24-9-6-20(29)17-23(24)31-28(38)32-26(35)11-8-21-7-10-25(37-21)19-5-4-18(2)22(30)16-19/h4-11,16-17H,3,12-15H2,1-2H3,(H2,31,32,35,38)/b11-8+. The number of rotatable bonds is 6. The van der Waals surface area contributed by atoms with E-state index < -0.39 is 5.91 Å². The molecule has 4 rings (SSSR count). The molecule has 2 amide bonds. The Kier molecular flexibility index (Phi) is 9.09. The van der Waals surface area contributed by atoms with E-state index in [4.69, 9.17) is 39.8 Å². The van der Waals surface area contributed by atoms with Crippen molar-refractivity contribution < 1.29 is 14.0 Å². The summed E-state index contributed by atoms with van der Waals surface area (Å²) in [5.74, 6) is 0.913. The third-order valence-corrected chi connectivity index (χ3v) is 7.05. The maximum atomic E-state index is 12.5. The fourth-order valence-corrected chi connectivity index (χ4v) is 4.68. The number of nitrogens with zero attached hydrogens (tertiary/aromatic N) is 2. The van der Waals surface area contributed by atoms with Crippen LogP contribution in [0.1, 0.15) is 24.7 Å². The lowest BCUT2D eigenvalue weighted by molar-refractivity contribution is -0.131. The first-order chi connectivity index (χ1) is 18.2. The SMILES string of the molecule is CCC(=O)N1CCN(c2ccc(Cl)cc2NC(=S)NC(=O)/C=C/c2ccc(-c3ccc(C)c(Cl)c3)o2)CC1. The van der Waals surface area contributed by atoms with Crippen LogP contribution in [0.3, 0.4) is 0 Å². The highest BCUT2D eigenvalue weighted by atomic mass is 35.5. The molecule has 2 heterocycles.